The fourth-order valence-corrected chi connectivity index (χ4v) is 2.21. The molecule has 0 aromatic heterocycles. The normalized spacial score (nSPS) is 21.3. The van der Waals surface area contributed by atoms with Crippen LogP contribution in [0.15, 0.2) is 18.2 Å². The molecule has 1 unspecified atom stereocenters. The summed E-state index contributed by atoms with van der Waals surface area (Å²) in [6, 6.07) is 6.55. The van der Waals surface area contributed by atoms with Crippen LogP contribution in [0.5, 0.6) is 0 Å². The SMILES string of the molecule is Cc1cc(Cl)ccc1NC1CCCNC1. The monoisotopic (exact) mass is 224 g/mol. The third-order valence-corrected chi connectivity index (χ3v) is 3.08. The van der Waals surface area contributed by atoms with Crippen LogP contribution in [-0.4, -0.2) is 19.1 Å². The van der Waals surface area contributed by atoms with Gasteiger partial charge in [0.15, 0.2) is 0 Å². The van der Waals surface area contributed by atoms with Crippen LogP contribution in [0.25, 0.3) is 0 Å². The molecule has 1 atom stereocenters. The van der Waals surface area contributed by atoms with Gasteiger partial charge in [0.1, 0.15) is 0 Å². The van der Waals surface area contributed by atoms with Gasteiger partial charge in [-0.05, 0) is 50.1 Å². The second-order valence-corrected chi connectivity index (χ2v) is 4.58. The highest BCUT2D eigenvalue weighted by atomic mass is 35.5. The van der Waals surface area contributed by atoms with Gasteiger partial charge >= 0.3 is 0 Å². The number of hydrogen-bond acceptors (Lipinski definition) is 2. The Bertz CT molecular complexity index is 332. The molecule has 3 heteroatoms. The number of anilines is 1. The summed E-state index contributed by atoms with van der Waals surface area (Å²) in [5.41, 5.74) is 2.42. The number of hydrogen-bond donors (Lipinski definition) is 2. The highest BCUT2D eigenvalue weighted by molar-refractivity contribution is 6.30. The van der Waals surface area contributed by atoms with E-state index in [0.717, 1.165) is 18.1 Å². The van der Waals surface area contributed by atoms with E-state index in [0.29, 0.717) is 6.04 Å². The van der Waals surface area contributed by atoms with Crippen LogP contribution in [0.3, 0.4) is 0 Å². The van der Waals surface area contributed by atoms with Gasteiger partial charge in [0, 0.05) is 23.3 Å². The van der Waals surface area contributed by atoms with Crippen molar-refractivity contribution in [3.05, 3.63) is 28.8 Å². The Morgan fingerprint density at radius 1 is 1.47 bits per heavy atom. The number of halogens is 1. The summed E-state index contributed by atoms with van der Waals surface area (Å²) in [5.74, 6) is 0. The third kappa shape index (κ3) is 2.86. The van der Waals surface area contributed by atoms with E-state index in [9.17, 15) is 0 Å². The van der Waals surface area contributed by atoms with Gasteiger partial charge in [0.2, 0.25) is 0 Å². The van der Waals surface area contributed by atoms with Crippen LogP contribution in [0.1, 0.15) is 18.4 Å². The lowest BCUT2D eigenvalue weighted by Crippen LogP contribution is -2.38. The largest absolute Gasteiger partial charge is 0.381 e. The lowest BCUT2D eigenvalue weighted by atomic mass is 10.1. The molecular formula is C12H17ClN2. The number of aryl methyl sites for hydroxylation is 1. The van der Waals surface area contributed by atoms with E-state index >= 15 is 0 Å². The first-order valence-electron chi connectivity index (χ1n) is 5.49. The van der Waals surface area contributed by atoms with Crippen molar-refractivity contribution in [3.63, 3.8) is 0 Å². The van der Waals surface area contributed by atoms with Gasteiger partial charge in [-0.3, -0.25) is 0 Å². The summed E-state index contributed by atoms with van der Waals surface area (Å²) in [4.78, 5) is 0. The predicted octanol–water partition coefficient (Wildman–Crippen LogP) is 2.81. The van der Waals surface area contributed by atoms with Gasteiger partial charge in [-0.15, -0.1) is 0 Å². The first-order chi connectivity index (χ1) is 7.25. The minimum absolute atomic E-state index is 0.554. The summed E-state index contributed by atoms with van der Waals surface area (Å²) in [6.07, 6.45) is 2.50. The first kappa shape index (κ1) is 10.8. The van der Waals surface area contributed by atoms with Crippen LogP contribution in [0, 0.1) is 6.92 Å². The molecule has 0 amide bonds. The maximum absolute atomic E-state index is 5.92. The van der Waals surface area contributed by atoms with Gasteiger partial charge in [0.05, 0.1) is 0 Å². The van der Waals surface area contributed by atoms with Crippen LogP contribution >= 0.6 is 11.6 Å². The van der Waals surface area contributed by atoms with E-state index in [-0.39, 0.29) is 0 Å². The van der Waals surface area contributed by atoms with Crippen LogP contribution in [0.2, 0.25) is 5.02 Å². The highest BCUT2D eigenvalue weighted by Crippen LogP contribution is 2.21. The Hall–Kier alpha value is -0.730. The molecule has 0 bridgehead atoms. The fraction of sp³-hybridized carbons (Fsp3) is 0.500. The van der Waals surface area contributed by atoms with Crippen LogP contribution < -0.4 is 10.6 Å². The van der Waals surface area contributed by atoms with E-state index < -0.39 is 0 Å². The number of rotatable bonds is 2. The Kier molecular flexibility index (Phi) is 3.49. The average molecular weight is 225 g/mol. The zero-order valence-electron chi connectivity index (χ0n) is 9.02. The minimum Gasteiger partial charge on any atom is -0.381 e. The fourth-order valence-electron chi connectivity index (χ4n) is 1.98. The van der Waals surface area contributed by atoms with Crippen molar-refractivity contribution in [2.45, 2.75) is 25.8 Å². The molecule has 1 saturated heterocycles. The van der Waals surface area contributed by atoms with E-state index in [1.165, 1.54) is 24.1 Å². The lowest BCUT2D eigenvalue weighted by Gasteiger charge is -2.25. The highest BCUT2D eigenvalue weighted by Gasteiger charge is 2.12. The summed E-state index contributed by atoms with van der Waals surface area (Å²) in [7, 11) is 0. The second-order valence-electron chi connectivity index (χ2n) is 4.15. The summed E-state index contributed by atoms with van der Waals surface area (Å²) in [5, 5.41) is 7.76. The van der Waals surface area contributed by atoms with Gasteiger partial charge in [-0.2, -0.15) is 0 Å². The Balaban J connectivity index is 2.03. The van der Waals surface area contributed by atoms with E-state index in [1.807, 2.05) is 12.1 Å². The van der Waals surface area contributed by atoms with Crippen LogP contribution in [-0.2, 0) is 0 Å². The standard InChI is InChI=1S/C12H17ClN2/c1-9-7-10(13)4-5-12(9)15-11-3-2-6-14-8-11/h4-5,7,11,14-15H,2-3,6,8H2,1H3. The van der Waals surface area contributed by atoms with Crippen molar-refractivity contribution in [1.82, 2.24) is 5.32 Å². The first-order valence-corrected chi connectivity index (χ1v) is 5.87. The lowest BCUT2D eigenvalue weighted by molar-refractivity contribution is 0.480. The average Bonchev–Trinajstić information content (AvgIpc) is 2.24. The number of nitrogens with one attached hydrogen (secondary N) is 2. The smallest absolute Gasteiger partial charge is 0.0410 e. The van der Waals surface area contributed by atoms with Gasteiger partial charge in [-0.25, -0.2) is 0 Å². The quantitative estimate of drug-likeness (QED) is 0.808. The number of benzene rings is 1. The van der Waals surface area contributed by atoms with Crippen molar-refractivity contribution < 1.29 is 0 Å². The number of piperidine rings is 1. The summed E-state index contributed by atoms with van der Waals surface area (Å²) in [6.45, 7) is 4.30. The molecule has 1 aliphatic heterocycles. The summed E-state index contributed by atoms with van der Waals surface area (Å²) < 4.78 is 0. The summed E-state index contributed by atoms with van der Waals surface area (Å²) >= 11 is 5.92. The zero-order valence-corrected chi connectivity index (χ0v) is 9.77. The van der Waals surface area contributed by atoms with E-state index in [4.69, 9.17) is 11.6 Å². The molecule has 1 aliphatic rings. The van der Waals surface area contributed by atoms with Crippen molar-refractivity contribution in [2.75, 3.05) is 18.4 Å². The molecule has 1 aromatic rings. The maximum atomic E-state index is 5.92. The van der Waals surface area contributed by atoms with Crippen molar-refractivity contribution in [2.24, 2.45) is 0 Å². The topological polar surface area (TPSA) is 24.1 Å². The molecule has 0 spiro atoms. The molecule has 0 radical (unpaired) electrons. The molecule has 0 aliphatic carbocycles. The van der Waals surface area contributed by atoms with Crippen molar-refractivity contribution in [1.29, 1.82) is 0 Å². The predicted molar refractivity (Wildman–Crippen MR) is 65.7 cm³/mol. The maximum Gasteiger partial charge on any atom is 0.0410 e. The van der Waals surface area contributed by atoms with Gasteiger partial charge in [-0.1, -0.05) is 11.6 Å². The molecule has 2 rings (SSSR count). The molecule has 0 saturated carbocycles. The molecule has 15 heavy (non-hydrogen) atoms. The third-order valence-electron chi connectivity index (χ3n) is 2.84. The molecule has 82 valence electrons. The van der Waals surface area contributed by atoms with Crippen LogP contribution in [0.4, 0.5) is 5.69 Å². The zero-order chi connectivity index (χ0) is 10.7. The molecule has 2 N–H and O–H groups in total. The van der Waals surface area contributed by atoms with Crippen molar-refractivity contribution >= 4 is 17.3 Å². The Morgan fingerprint density at radius 2 is 2.33 bits per heavy atom. The molecule has 1 fully saturated rings. The van der Waals surface area contributed by atoms with E-state index in [1.54, 1.807) is 0 Å². The van der Waals surface area contributed by atoms with Crippen molar-refractivity contribution in [3.8, 4) is 0 Å². The minimum atomic E-state index is 0.554. The Morgan fingerprint density at radius 3 is 3.00 bits per heavy atom. The molecule has 1 aromatic carbocycles. The molecule has 1 heterocycles. The van der Waals surface area contributed by atoms with Gasteiger partial charge in [0.25, 0.3) is 0 Å². The molecular weight excluding hydrogens is 208 g/mol. The molecule has 2 nitrogen and oxygen atoms in total. The Labute approximate surface area is 96.0 Å². The van der Waals surface area contributed by atoms with Gasteiger partial charge < -0.3 is 10.6 Å². The second kappa shape index (κ2) is 4.86. The van der Waals surface area contributed by atoms with E-state index in [2.05, 4.69) is 23.6 Å².